The van der Waals surface area contributed by atoms with Gasteiger partial charge >= 0.3 is 98.1 Å². The standard InChI is InChI=1S/C10H8N2O.Tl/c13-7-10-11-6-9(12-10)8-4-2-1-3-5-8;/h1-7H,(H,11,12,13);/q;+1/p-1. The Morgan fingerprint density at radius 1 is 1.29 bits per heavy atom. The predicted molar refractivity (Wildman–Crippen MR) is 54.2 cm³/mol. The van der Waals surface area contributed by atoms with Crippen LogP contribution in [0.2, 0.25) is 0 Å². The maximum absolute atomic E-state index is 10.6. The van der Waals surface area contributed by atoms with E-state index in [2.05, 4.69) is 4.98 Å². The Kier molecular flexibility index (Phi) is 2.76. The Hall–Kier alpha value is -0.978. The van der Waals surface area contributed by atoms with Crippen molar-refractivity contribution in [1.82, 2.24) is 7.36 Å². The molecule has 2 rings (SSSR count). The second-order valence-corrected chi connectivity index (χ2v) is 5.04. The Bertz CT molecular complexity index is 450. The zero-order valence-electron chi connectivity index (χ0n) is 7.42. The van der Waals surface area contributed by atoms with E-state index in [0.29, 0.717) is 31.9 Å². The SMILES string of the molecule is O=Cc1nc(-c2ccccc2)c[n]1[Tl]. The number of hydrogen-bond acceptors (Lipinski definition) is 2. The fourth-order valence-electron chi connectivity index (χ4n) is 1.24. The van der Waals surface area contributed by atoms with E-state index in [-0.39, 0.29) is 0 Å². The third kappa shape index (κ3) is 1.77. The maximum atomic E-state index is 10.6. The molecule has 0 atom stereocenters. The zero-order chi connectivity index (χ0) is 9.97. The molecule has 0 saturated heterocycles. The van der Waals surface area contributed by atoms with Gasteiger partial charge in [-0.3, -0.25) is 0 Å². The van der Waals surface area contributed by atoms with Gasteiger partial charge < -0.3 is 0 Å². The van der Waals surface area contributed by atoms with Crippen molar-refractivity contribution in [3.05, 3.63) is 42.4 Å². The molecule has 0 bridgehead atoms. The molecule has 0 aliphatic carbocycles. The van der Waals surface area contributed by atoms with E-state index in [4.69, 9.17) is 0 Å². The predicted octanol–water partition coefficient (Wildman–Crippen LogP) is 1.29. The van der Waals surface area contributed by atoms with E-state index in [1.54, 1.807) is 0 Å². The van der Waals surface area contributed by atoms with Crippen molar-refractivity contribution in [2.75, 3.05) is 0 Å². The number of aromatic nitrogens is 2. The molecule has 1 aromatic heterocycles. The van der Waals surface area contributed by atoms with E-state index in [1.165, 1.54) is 0 Å². The van der Waals surface area contributed by atoms with Crippen LogP contribution >= 0.6 is 0 Å². The van der Waals surface area contributed by atoms with Crippen LogP contribution in [0.25, 0.3) is 11.3 Å². The van der Waals surface area contributed by atoms with Crippen molar-refractivity contribution in [3.63, 3.8) is 0 Å². The average molecular weight is 376 g/mol. The van der Waals surface area contributed by atoms with Gasteiger partial charge in [0.25, 0.3) is 0 Å². The summed E-state index contributed by atoms with van der Waals surface area (Å²) in [7, 11) is 0. The number of benzene rings is 1. The molecule has 0 saturated carbocycles. The van der Waals surface area contributed by atoms with Crippen LogP contribution in [0.3, 0.4) is 0 Å². The molecule has 4 heteroatoms. The molecule has 1 heterocycles. The van der Waals surface area contributed by atoms with E-state index >= 15 is 0 Å². The summed E-state index contributed by atoms with van der Waals surface area (Å²) in [6.45, 7) is 0. The molecule has 0 amide bonds. The van der Waals surface area contributed by atoms with Crippen molar-refractivity contribution in [3.8, 4) is 11.3 Å². The van der Waals surface area contributed by atoms with E-state index < -0.39 is 0 Å². The molecule has 1 aromatic carbocycles. The first kappa shape index (κ1) is 9.57. The molecule has 0 aliphatic rings. The van der Waals surface area contributed by atoms with Crippen LogP contribution in [0.15, 0.2) is 36.5 Å². The van der Waals surface area contributed by atoms with Gasteiger partial charge in [0.05, 0.1) is 0 Å². The first-order chi connectivity index (χ1) is 6.81. The second-order valence-electron chi connectivity index (χ2n) is 2.88. The summed E-state index contributed by atoms with van der Waals surface area (Å²) >= 11 is 0.574. The molecule has 0 unspecified atom stereocenters. The minimum absolute atomic E-state index is 0.522. The summed E-state index contributed by atoms with van der Waals surface area (Å²) in [6, 6.07) is 9.86. The van der Waals surface area contributed by atoms with Crippen molar-refractivity contribution >= 4 is 32.4 Å². The van der Waals surface area contributed by atoms with Gasteiger partial charge in [0.1, 0.15) is 0 Å². The number of nitrogens with zero attached hydrogens (tertiary/aromatic N) is 2. The zero-order valence-corrected chi connectivity index (χ0v) is 11.9. The molecule has 0 N–H and O–H groups in total. The molecule has 66 valence electrons. The summed E-state index contributed by atoms with van der Waals surface area (Å²) in [6.07, 6.45) is 2.72. The van der Waals surface area contributed by atoms with Crippen LogP contribution in [0.4, 0.5) is 0 Å². The summed E-state index contributed by atoms with van der Waals surface area (Å²) in [5.74, 6) is 0.522. The fraction of sp³-hybridized carbons (Fsp3) is 0. The van der Waals surface area contributed by atoms with Gasteiger partial charge in [0.2, 0.25) is 0 Å². The average Bonchev–Trinajstić information content (AvgIpc) is 2.61. The van der Waals surface area contributed by atoms with Gasteiger partial charge in [0, 0.05) is 0 Å². The van der Waals surface area contributed by atoms with E-state index in [1.807, 2.05) is 38.9 Å². The first-order valence-corrected chi connectivity index (χ1v) is 6.17. The second kappa shape index (κ2) is 4.04. The molecular formula is C10H7N2OTl. The monoisotopic (exact) mass is 376 g/mol. The summed E-state index contributed by atoms with van der Waals surface area (Å²) in [4.78, 5) is 14.9. The van der Waals surface area contributed by atoms with Crippen LogP contribution in [0, 0.1) is 0 Å². The Balaban J connectivity index is 2.48. The van der Waals surface area contributed by atoms with Crippen molar-refractivity contribution in [2.45, 2.75) is 0 Å². The molecule has 0 radical (unpaired) electrons. The molecule has 14 heavy (non-hydrogen) atoms. The molecule has 2 aromatic rings. The Morgan fingerprint density at radius 3 is 2.57 bits per heavy atom. The number of aldehydes is 1. The topological polar surface area (TPSA) is 34.9 Å². The van der Waals surface area contributed by atoms with Crippen LogP contribution in [0.5, 0.6) is 0 Å². The van der Waals surface area contributed by atoms with E-state index in [0.717, 1.165) is 17.5 Å². The van der Waals surface area contributed by atoms with Crippen LogP contribution in [-0.4, -0.2) is 39.7 Å². The van der Waals surface area contributed by atoms with Gasteiger partial charge in [-0.15, -0.1) is 0 Å². The van der Waals surface area contributed by atoms with Gasteiger partial charge in [-0.05, 0) is 0 Å². The minimum atomic E-state index is 0.522. The number of hydrogen-bond donors (Lipinski definition) is 0. The number of rotatable bonds is 2. The van der Waals surface area contributed by atoms with Gasteiger partial charge in [0.15, 0.2) is 0 Å². The Labute approximate surface area is 97.9 Å². The van der Waals surface area contributed by atoms with E-state index in [9.17, 15) is 4.79 Å². The summed E-state index contributed by atoms with van der Waals surface area (Å²) in [5, 5.41) is 0. The van der Waals surface area contributed by atoms with Gasteiger partial charge in [-0.1, -0.05) is 0 Å². The van der Waals surface area contributed by atoms with Crippen molar-refractivity contribution in [2.24, 2.45) is 0 Å². The summed E-state index contributed by atoms with van der Waals surface area (Å²) < 4.78 is 1.88. The van der Waals surface area contributed by atoms with Gasteiger partial charge in [-0.2, -0.15) is 0 Å². The third-order valence-corrected chi connectivity index (χ3v) is 3.54. The summed E-state index contributed by atoms with van der Waals surface area (Å²) in [5.41, 5.74) is 1.92. The normalized spacial score (nSPS) is 9.93. The van der Waals surface area contributed by atoms with Crippen LogP contribution in [-0.2, 0) is 0 Å². The van der Waals surface area contributed by atoms with Crippen molar-refractivity contribution in [1.29, 1.82) is 0 Å². The molecule has 0 aliphatic heterocycles. The molecule has 0 fully saturated rings. The molecule has 3 nitrogen and oxygen atoms in total. The van der Waals surface area contributed by atoms with Crippen molar-refractivity contribution < 1.29 is 4.79 Å². The quantitative estimate of drug-likeness (QED) is 0.586. The van der Waals surface area contributed by atoms with Crippen LogP contribution < -0.4 is 0 Å². The first-order valence-electron chi connectivity index (χ1n) is 4.16. The molecule has 0 spiro atoms. The Morgan fingerprint density at radius 2 is 2.00 bits per heavy atom. The third-order valence-electron chi connectivity index (χ3n) is 1.94. The molecular weight excluding hydrogens is 369 g/mol. The number of carbonyl (C=O) groups excluding carboxylic acids is 1. The number of carbonyl (C=O) groups is 1. The fourth-order valence-corrected chi connectivity index (χ4v) is 2.25. The van der Waals surface area contributed by atoms with Crippen LogP contribution in [0.1, 0.15) is 10.6 Å². The van der Waals surface area contributed by atoms with Gasteiger partial charge in [-0.25, -0.2) is 0 Å². The number of imidazole rings is 1.